The van der Waals surface area contributed by atoms with Crippen molar-refractivity contribution in [1.29, 1.82) is 0 Å². The molecule has 0 saturated heterocycles. The molecule has 3 rings (SSSR count). The van der Waals surface area contributed by atoms with Gasteiger partial charge in [0.1, 0.15) is 5.75 Å². The minimum Gasteiger partial charge on any atom is -0.496 e. The molecule has 20 heavy (non-hydrogen) atoms. The van der Waals surface area contributed by atoms with Crippen molar-refractivity contribution in [2.24, 2.45) is 5.73 Å². The van der Waals surface area contributed by atoms with Crippen molar-refractivity contribution in [1.82, 2.24) is 10.1 Å². The third-order valence-electron chi connectivity index (χ3n) is 3.86. The summed E-state index contributed by atoms with van der Waals surface area (Å²) in [5, 5.41) is 4.09. The standard InChI is InChI=1S/C15H19N3O2/c1-9-3-6-12(13(7-9)19-2)14-17-15(20-18-14)10-4-5-11(16)8-10/h3,6-7,10-11H,4-5,8,16H2,1-2H3. The lowest BCUT2D eigenvalue weighted by atomic mass is 10.1. The fraction of sp³-hybridized carbons (Fsp3) is 0.467. The van der Waals surface area contributed by atoms with Crippen LogP contribution in [-0.2, 0) is 0 Å². The van der Waals surface area contributed by atoms with Gasteiger partial charge in [-0.15, -0.1) is 0 Å². The number of methoxy groups -OCH3 is 1. The minimum absolute atomic E-state index is 0.254. The number of aromatic nitrogens is 2. The normalized spacial score (nSPS) is 22.1. The molecule has 0 bridgehead atoms. The maximum Gasteiger partial charge on any atom is 0.230 e. The Hall–Kier alpha value is -1.88. The zero-order valence-corrected chi connectivity index (χ0v) is 11.8. The number of nitrogens with two attached hydrogens (primary N) is 1. The Bertz CT molecular complexity index is 609. The first-order chi connectivity index (χ1) is 9.67. The molecule has 1 saturated carbocycles. The van der Waals surface area contributed by atoms with E-state index in [4.69, 9.17) is 15.0 Å². The van der Waals surface area contributed by atoms with Crippen molar-refractivity contribution in [2.45, 2.75) is 38.1 Å². The first-order valence-electron chi connectivity index (χ1n) is 6.91. The lowest BCUT2D eigenvalue weighted by molar-refractivity contribution is 0.353. The highest BCUT2D eigenvalue weighted by atomic mass is 16.5. The fourth-order valence-corrected chi connectivity index (χ4v) is 2.73. The number of rotatable bonds is 3. The highest BCUT2D eigenvalue weighted by molar-refractivity contribution is 5.64. The Labute approximate surface area is 118 Å². The van der Waals surface area contributed by atoms with Crippen LogP contribution in [0.5, 0.6) is 5.75 Å². The summed E-state index contributed by atoms with van der Waals surface area (Å²) in [7, 11) is 1.65. The largest absolute Gasteiger partial charge is 0.496 e. The molecular formula is C15H19N3O2. The predicted octanol–water partition coefficient (Wildman–Crippen LogP) is 2.65. The summed E-state index contributed by atoms with van der Waals surface area (Å²) in [6.45, 7) is 2.02. The van der Waals surface area contributed by atoms with E-state index in [9.17, 15) is 0 Å². The van der Waals surface area contributed by atoms with Gasteiger partial charge in [-0.3, -0.25) is 0 Å². The highest BCUT2D eigenvalue weighted by Crippen LogP contribution is 2.35. The van der Waals surface area contributed by atoms with E-state index in [-0.39, 0.29) is 6.04 Å². The van der Waals surface area contributed by atoms with Crippen molar-refractivity contribution < 1.29 is 9.26 Å². The SMILES string of the molecule is COc1cc(C)ccc1-c1noc(C2CCC(N)C2)n1. The van der Waals surface area contributed by atoms with Crippen LogP contribution in [-0.4, -0.2) is 23.3 Å². The zero-order valence-electron chi connectivity index (χ0n) is 11.8. The second kappa shape index (κ2) is 5.25. The Balaban J connectivity index is 1.90. The minimum atomic E-state index is 0.254. The van der Waals surface area contributed by atoms with Crippen LogP contribution in [0.1, 0.15) is 36.6 Å². The molecule has 2 atom stereocenters. The molecule has 2 N–H and O–H groups in total. The third kappa shape index (κ3) is 2.41. The van der Waals surface area contributed by atoms with Crippen LogP contribution in [0.2, 0.25) is 0 Å². The van der Waals surface area contributed by atoms with Gasteiger partial charge >= 0.3 is 0 Å². The van der Waals surface area contributed by atoms with Crippen molar-refractivity contribution in [3.8, 4) is 17.1 Å². The zero-order chi connectivity index (χ0) is 14.1. The number of hydrogen-bond acceptors (Lipinski definition) is 5. The van der Waals surface area contributed by atoms with Crippen LogP contribution in [0.25, 0.3) is 11.4 Å². The van der Waals surface area contributed by atoms with Gasteiger partial charge < -0.3 is 15.0 Å². The summed E-state index contributed by atoms with van der Waals surface area (Å²) in [4.78, 5) is 4.52. The van der Waals surface area contributed by atoms with E-state index in [1.165, 1.54) is 0 Å². The summed E-state index contributed by atoms with van der Waals surface area (Å²) < 4.78 is 10.8. The maximum absolute atomic E-state index is 5.93. The van der Waals surface area contributed by atoms with Crippen LogP contribution in [0.4, 0.5) is 0 Å². The second-order valence-electron chi connectivity index (χ2n) is 5.43. The average Bonchev–Trinajstić information content (AvgIpc) is 3.07. The summed E-state index contributed by atoms with van der Waals surface area (Å²) in [5.41, 5.74) is 7.92. The van der Waals surface area contributed by atoms with E-state index < -0.39 is 0 Å². The Morgan fingerprint density at radius 3 is 2.90 bits per heavy atom. The van der Waals surface area contributed by atoms with Gasteiger partial charge in [-0.1, -0.05) is 11.2 Å². The smallest absolute Gasteiger partial charge is 0.230 e. The first kappa shape index (κ1) is 13.1. The van der Waals surface area contributed by atoms with Crippen LogP contribution in [0, 0.1) is 6.92 Å². The molecule has 0 aliphatic heterocycles. The molecule has 5 heteroatoms. The second-order valence-corrected chi connectivity index (χ2v) is 5.43. The third-order valence-corrected chi connectivity index (χ3v) is 3.86. The topological polar surface area (TPSA) is 74.2 Å². The maximum atomic E-state index is 5.93. The summed E-state index contributed by atoms with van der Waals surface area (Å²) in [6.07, 6.45) is 2.97. The Morgan fingerprint density at radius 1 is 1.35 bits per heavy atom. The number of benzene rings is 1. The fourth-order valence-electron chi connectivity index (χ4n) is 2.73. The lowest BCUT2D eigenvalue weighted by Gasteiger charge is -2.05. The van der Waals surface area contributed by atoms with Gasteiger partial charge in [-0.2, -0.15) is 4.98 Å². The van der Waals surface area contributed by atoms with Crippen LogP contribution >= 0.6 is 0 Å². The van der Waals surface area contributed by atoms with E-state index in [1.807, 2.05) is 25.1 Å². The van der Waals surface area contributed by atoms with E-state index in [0.717, 1.165) is 36.1 Å². The number of ether oxygens (including phenoxy) is 1. The van der Waals surface area contributed by atoms with Crippen molar-refractivity contribution in [2.75, 3.05) is 7.11 Å². The molecular weight excluding hydrogens is 254 g/mol. The van der Waals surface area contributed by atoms with Gasteiger partial charge in [0.15, 0.2) is 0 Å². The summed E-state index contributed by atoms with van der Waals surface area (Å²) in [6, 6.07) is 6.20. The van der Waals surface area contributed by atoms with Crippen LogP contribution < -0.4 is 10.5 Å². The molecule has 2 aromatic rings. The first-order valence-corrected chi connectivity index (χ1v) is 6.91. The molecule has 0 spiro atoms. The van der Waals surface area contributed by atoms with Gasteiger partial charge in [-0.05, 0) is 43.9 Å². The van der Waals surface area contributed by atoms with E-state index in [1.54, 1.807) is 7.11 Å². The predicted molar refractivity (Wildman–Crippen MR) is 75.6 cm³/mol. The van der Waals surface area contributed by atoms with Crippen molar-refractivity contribution >= 4 is 0 Å². The van der Waals surface area contributed by atoms with Gasteiger partial charge in [0.05, 0.1) is 12.7 Å². The average molecular weight is 273 g/mol. The Morgan fingerprint density at radius 2 is 2.20 bits per heavy atom. The number of nitrogens with zero attached hydrogens (tertiary/aromatic N) is 2. The molecule has 0 amide bonds. The molecule has 1 heterocycles. The van der Waals surface area contributed by atoms with E-state index in [0.29, 0.717) is 17.6 Å². The molecule has 5 nitrogen and oxygen atoms in total. The molecule has 1 aliphatic carbocycles. The van der Waals surface area contributed by atoms with Crippen molar-refractivity contribution in [3.63, 3.8) is 0 Å². The molecule has 1 aromatic carbocycles. The molecule has 1 fully saturated rings. The van der Waals surface area contributed by atoms with Gasteiger partial charge in [0.2, 0.25) is 11.7 Å². The van der Waals surface area contributed by atoms with Crippen LogP contribution in [0.15, 0.2) is 22.7 Å². The van der Waals surface area contributed by atoms with Gasteiger partial charge in [-0.25, -0.2) is 0 Å². The highest BCUT2D eigenvalue weighted by Gasteiger charge is 2.28. The monoisotopic (exact) mass is 273 g/mol. The van der Waals surface area contributed by atoms with E-state index in [2.05, 4.69) is 10.1 Å². The molecule has 1 aromatic heterocycles. The molecule has 106 valence electrons. The molecule has 2 unspecified atom stereocenters. The molecule has 0 radical (unpaired) electrons. The van der Waals surface area contributed by atoms with Gasteiger partial charge in [0, 0.05) is 12.0 Å². The quantitative estimate of drug-likeness (QED) is 0.930. The number of hydrogen-bond donors (Lipinski definition) is 1. The van der Waals surface area contributed by atoms with Crippen molar-refractivity contribution in [3.05, 3.63) is 29.7 Å². The van der Waals surface area contributed by atoms with E-state index >= 15 is 0 Å². The summed E-state index contributed by atoms with van der Waals surface area (Å²) in [5.74, 6) is 2.33. The molecule has 1 aliphatic rings. The Kier molecular flexibility index (Phi) is 3.44. The number of aryl methyl sites for hydroxylation is 1. The van der Waals surface area contributed by atoms with Crippen LogP contribution in [0.3, 0.4) is 0 Å². The lowest BCUT2D eigenvalue weighted by Crippen LogP contribution is -2.14. The van der Waals surface area contributed by atoms with Gasteiger partial charge in [0.25, 0.3) is 0 Å². The summed E-state index contributed by atoms with van der Waals surface area (Å²) >= 11 is 0.